The highest BCUT2D eigenvalue weighted by atomic mass is 16.7. The first-order valence-electron chi connectivity index (χ1n) is 11.0. The van der Waals surface area contributed by atoms with Crippen LogP contribution in [0, 0.1) is 18.3 Å². The van der Waals surface area contributed by atoms with Crippen molar-refractivity contribution in [2.45, 2.75) is 45.3 Å². The summed E-state index contributed by atoms with van der Waals surface area (Å²) in [5.74, 6) is 0.390. The van der Waals surface area contributed by atoms with Gasteiger partial charge in [0.25, 0.3) is 5.91 Å². The van der Waals surface area contributed by atoms with E-state index >= 15 is 0 Å². The van der Waals surface area contributed by atoms with Crippen LogP contribution in [0.4, 0.5) is 17.3 Å². The molecule has 4 heterocycles. The van der Waals surface area contributed by atoms with Crippen molar-refractivity contribution in [3.8, 4) is 6.07 Å². The van der Waals surface area contributed by atoms with Crippen molar-refractivity contribution in [3.63, 3.8) is 0 Å². The van der Waals surface area contributed by atoms with E-state index in [2.05, 4.69) is 32.0 Å². The van der Waals surface area contributed by atoms with Crippen LogP contribution in [0.3, 0.4) is 0 Å². The van der Waals surface area contributed by atoms with Gasteiger partial charge in [0, 0.05) is 19.3 Å². The molecule has 2 fully saturated rings. The average molecular weight is 447 g/mol. The normalized spacial score (nSPS) is 26.9. The number of nitriles is 1. The number of aromatic nitrogens is 2. The van der Waals surface area contributed by atoms with Crippen molar-refractivity contribution >= 4 is 28.8 Å². The first-order chi connectivity index (χ1) is 16.0. The van der Waals surface area contributed by atoms with Crippen LogP contribution in [0.5, 0.6) is 0 Å². The van der Waals surface area contributed by atoms with Crippen molar-refractivity contribution in [1.29, 1.82) is 5.26 Å². The van der Waals surface area contributed by atoms with Crippen LogP contribution in [0.1, 0.15) is 25.1 Å². The van der Waals surface area contributed by atoms with Gasteiger partial charge in [-0.25, -0.2) is 9.97 Å². The fourth-order valence-electron chi connectivity index (χ4n) is 4.34. The van der Waals surface area contributed by atoms with E-state index < -0.39 is 12.4 Å². The summed E-state index contributed by atoms with van der Waals surface area (Å²) in [6.07, 6.45) is 0.0183. The zero-order valence-electron chi connectivity index (χ0n) is 18.6. The summed E-state index contributed by atoms with van der Waals surface area (Å²) in [7, 11) is 0. The zero-order valence-corrected chi connectivity index (χ0v) is 18.6. The smallest absolute Gasteiger partial charge is 0.258 e. The van der Waals surface area contributed by atoms with E-state index in [0.717, 1.165) is 16.9 Å². The molecule has 3 aliphatic heterocycles. The Kier molecular flexibility index (Phi) is 5.46. The number of morpholine rings is 1. The van der Waals surface area contributed by atoms with Gasteiger partial charge < -0.3 is 25.0 Å². The summed E-state index contributed by atoms with van der Waals surface area (Å²) in [5.41, 5.74) is 3.47. The van der Waals surface area contributed by atoms with E-state index in [1.54, 1.807) is 6.20 Å². The van der Waals surface area contributed by atoms with Gasteiger partial charge >= 0.3 is 0 Å². The lowest BCUT2D eigenvalue weighted by molar-refractivity contribution is -0.130. The summed E-state index contributed by atoms with van der Waals surface area (Å²) in [5, 5.41) is 19.4. The molecule has 3 aliphatic rings. The number of para-hydroxylation sites is 2. The van der Waals surface area contributed by atoms with Crippen molar-refractivity contribution in [3.05, 3.63) is 47.5 Å². The van der Waals surface area contributed by atoms with Gasteiger partial charge in [-0.15, -0.1) is 0 Å². The number of hydrogen-bond donors (Lipinski definition) is 3. The summed E-state index contributed by atoms with van der Waals surface area (Å²) in [6.45, 7) is 7.00. The van der Waals surface area contributed by atoms with Gasteiger partial charge in [0.1, 0.15) is 23.6 Å². The Balaban J connectivity index is 1.44. The Bertz CT molecular complexity index is 1170. The topological polar surface area (TPSA) is 124 Å². The van der Waals surface area contributed by atoms with Crippen LogP contribution in [-0.4, -0.2) is 53.5 Å². The summed E-state index contributed by atoms with van der Waals surface area (Å²) >= 11 is 0. The minimum absolute atomic E-state index is 0.00985. The van der Waals surface area contributed by atoms with Crippen molar-refractivity contribution in [2.75, 3.05) is 28.6 Å². The average Bonchev–Trinajstić information content (AvgIpc) is 3.37. The van der Waals surface area contributed by atoms with Crippen molar-refractivity contribution in [2.24, 2.45) is 0 Å². The Morgan fingerprint density at radius 1 is 1.36 bits per heavy atom. The van der Waals surface area contributed by atoms with Crippen LogP contribution in [0.15, 0.2) is 36.3 Å². The van der Waals surface area contributed by atoms with Crippen LogP contribution < -0.4 is 20.9 Å². The molecule has 2 bridgehead atoms. The molecule has 0 saturated carbocycles. The number of fused-ring (bicyclic) bond motifs is 3. The highest BCUT2D eigenvalue weighted by Crippen LogP contribution is 2.39. The molecular weight excluding hydrogens is 422 g/mol. The first-order valence-corrected chi connectivity index (χ1v) is 11.0. The predicted molar refractivity (Wildman–Crippen MR) is 122 cm³/mol. The third-order valence-electron chi connectivity index (χ3n) is 6.06. The molecule has 2 aromatic rings. The quantitative estimate of drug-likeness (QED) is 0.603. The number of nitrogens with one attached hydrogen (secondary N) is 3. The van der Waals surface area contributed by atoms with Gasteiger partial charge in [-0.05, 0) is 38.5 Å². The molecule has 33 heavy (non-hydrogen) atoms. The van der Waals surface area contributed by atoms with Gasteiger partial charge in [0.05, 0.1) is 23.1 Å². The minimum Gasteiger partial charge on any atom is -0.343 e. The van der Waals surface area contributed by atoms with Crippen molar-refractivity contribution < 1.29 is 14.3 Å². The van der Waals surface area contributed by atoms with Crippen LogP contribution in [0.2, 0.25) is 0 Å². The van der Waals surface area contributed by atoms with E-state index in [-0.39, 0.29) is 24.0 Å². The maximum atomic E-state index is 12.9. The number of aryl methyl sites for hydroxylation is 1. The number of anilines is 3. The molecule has 1 aromatic heterocycles. The predicted octanol–water partition coefficient (Wildman–Crippen LogP) is 1.97. The van der Waals surface area contributed by atoms with Crippen LogP contribution in [0.25, 0.3) is 5.57 Å². The molecule has 10 heteroatoms. The summed E-state index contributed by atoms with van der Waals surface area (Å²) in [4.78, 5) is 23.7. The lowest BCUT2D eigenvalue weighted by Crippen LogP contribution is -2.48. The Labute approximate surface area is 191 Å². The fraction of sp³-hybridized carbons (Fsp3) is 0.391. The van der Waals surface area contributed by atoms with Gasteiger partial charge in [-0.1, -0.05) is 12.1 Å². The standard InChI is InChI=1S/C23H25N7O3/c1-4-30-16-8-6-5-7-15(16)27-20(30)14(9-24)18-12(2)10-26-23(28-18)29-21(31)19-17-11-25-13(3)22(32-17)33-19/h5-8,10,13,17,19,22,25,27H,4,11H2,1-3H3,(H,26,28,29,31)/b20-14+/t13-,17+,19?,22+/m0/s1. The molecule has 1 unspecified atom stereocenters. The number of allylic oxidation sites excluding steroid dienone is 1. The first kappa shape index (κ1) is 21.3. The van der Waals surface area contributed by atoms with Gasteiger partial charge in [-0.2, -0.15) is 5.26 Å². The lowest BCUT2D eigenvalue weighted by atomic mass is 10.1. The SMILES string of the molecule is CCN1/C(=C(\C#N)c2nc(NC(=O)C3O[C@H]4O[C@@H]3CN[C@H]4C)ncc2C)Nc2ccccc21. The molecule has 170 valence electrons. The molecule has 5 rings (SSSR count). The second-order valence-corrected chi connectivity index (χ2v) is 8.23. The largest absolute Gasteiger partial charge is 0.343 e. The number of amides is 1. The number of ether oxygens (including phenoxy) is 2. The van der Waals surface area contributed by atoms with Crippen LogP contribution >= 0.6 is 0 Å². The molecule has 10 nitrogen and oxygen atoms in total. The second-order valence-electron chi connectivity index (χ2n) is 8.23. The minimum atomic E-state index is -0.754. The fourth-order valence-corrected chi connectivity index (χ4v) is 4.34. The monoisotopic (exact) mass is 447 g/mol. The second kappa shape index (κ2) is 8.44. The Hall–Kier alpha value is -3.52. The Morgan fingerprint density at radius 2 is 2.18 bits per heavy atom. The van der Waals surface area contributed by atoms with E-state index in [1.165, 1.54) is 0 Å². The van der Waals surface area contributed by atoms with E-state index in [4.69, 9.17) is 9.47 Å². The maximum absolute atomic E-state index is 12.9. The number of benzene rings is 1. The van der Waals surface area contributed by atoms with E-state index in [9.17, 15) is 10.1 Å². The molecule has 2 saturated heterocycles. The lowest BCUT2D eigenvalue weighted by Gasteiger charge is -2.25. The molecule has 0 aliphatic carbocycles. The number of rotatable bonds is 4. The number of carbonyl (C=O) groups excluding carboxylic acids is 1. The van der Waals surface area contributed by atoms with Crippen LogP contribution in [-0.2, 0) is 14.3 Å². The molecule has 1 amide bonds. The number of hydrogen-bond acceptors (Lipinski definition) is 9. The molecule has 3 N–H and O–H groups in total. The van der Waals surface area contributed by atoms with E-state index in [1.807, 2.05) is 49.9 Å². The molecule has 4 atom stereocenters. The number of nitrogens with zero attached hydrogens (tertiary/aromatic N) is 4. The molecule has 0 radical (unpaired) electrons. The Morgan fingerprint density at radius 3 is 2.94 bits per heavy atom. The van der Waals surface area contributed by atoms with Gasteiger partial charge in [0.15, 0.2) is 12.4 Å². The highest BCUT2D eigenvalue weighted by molar-refractivity contribution is 5.94. The third-order valence-corrected chi connectivity index (χ3v) is 6.06. The summed E-state index contributed by atoms with van der Waals surface area (Å²) in [6, 6.07) is 10.2. The zero-order chi connectivity index (χ0) is 23.1. The molecular formula is C23H25N7O3. The highest BCUT2D eigenvalue weighted by Gasteiger charge is 2.46. The molecule has 1 aromatic carbocycles. The van der Waals surface area contributed by atoms with E-state index in [0.29, 0.717) is 30.2 Å². The van der Waals surface area contributed by atoms with Gasteiger partial charge in [0.2, 0.25) is 5.95 Å². The number of carbonyl (C=O) groups is 1. The van der Waals surface area contributed by atoms with Crippen molar-refractivity contribution in [1.82, 2.24) is 15.3 Å². The maximum Gasteiger partial charge on any atom is 0.258 e. The third kappa shape index (κ3) is 3.70. The van der Waals surface area contributed by atoms with Gasteiger partial charge in [-0.3, -0.25) is 10.1 Å². The summed E-state index contributed by atoms with van der Waals surface area (Å²) < 4.78 is 11.5. The molecule has 0 spiro atoms.